The van der Waals surface area contributed by atoms with Crippen molar-refractivity contribution in [1.29, 1.82) is 0 Å². The lowest BCUT2D eigenvalue weighted by Crippen LogP contribution is -2.33. The van der Waals surface area contributed by atoms with Gasteiger partial charge in [-0.05, 0) is 25.7 Å². The van der Waals surface area contributed by atoms with E-state index in [2.05, 4.69) is 0 Å². The fourth-order valence-electron chi connectivity index (χ4n) is 2.97. The minimum atomic E-state index is -0.634. The molecule has 0 saturated heterocycles. The molecule has 92 valence electrons. The maximum Gasteiger partial charge on any atom is 0.0828 e. The van der Waals surface area contributed by atoms with Crippen LogP contribution < -0.4 is 0 Å². The van der Waals surface area contributed by atoms with E-state index in [0.29, 0.717) is 0 Å². The Morgan fingerprint density at radius 1 is 0.562 bits per heavy atom. The molecule has 2 aliphatic carbocycles. The summed E-state index contributed by atoms with van der Waals surface area (Å²) in [6, 6.07) is 0. The van der Waals surface area contributed by atoms with Gasteiger partial charge in [-0.15, -0.1) is 0 Å². The standard InChI is InChI=1S/C14H24O2/c15-13(7-3-1-4-8-13)11-12-14(16)9-5-2-6-10-14/h11-12,15-16H,1-10H2/b12-11-. The van der Waals surface area contributed by atoms with Crippen molar-refractivity contribution >= 4 is 0 Å². The molecule has 0 spiro atoms. The van der Waals surface area contributed by atoms with Gasteiger partial charge in [0.1, 0.15) is 0 Å². The van der Waals surface area contributed by atoms with Crippen molar-refractivity contribution in [3.05, 3.63) is 12.2 Å². The highest BCUT2D eigenvalue weighted by Gasteiger charge is 2.30. The normalized spacial score (nSPS) is 29.4. The third-order valence-corrected chi connectivity index (χ3v) is 4.14. The minimum Gasteiger partial charge on any atom is -0.386 e. The van der Waals surface area contributed by atoms with Crippen LogP contribution in [0.5, 0.6) is 0 Å². The predicted molar refractivity (Wildman–Crippen MR) is 65.2 cm³/mol. The molecule has 2 saturated carbocycles. The van der Waals surface area contributed by atoms with E-state index in [-0.39, 0.29) is 0 Å². The Balaban J connectivity index is 1.95. The van der Waals surface area contributed by atoms with Gasteiger partial charge in [0.2, 0.25) is 0 Å². The molecule has 2 rings (SSSR count). The van der Waals surface area contributed by atoms with E-state index in [9.17, 15) is 10.2 Å². The Hall–Kier alpha value is -0.340. The van der Waals surface area contributed by atoms with Crippen molar-refractivity contribution in [2.75, 3.05) is 0 Å². The molecule has 0 aromatic carbocycles. The maximum absolute atomic E-state index is 10.3. The number of rotatable bonds is 2. The summed E-state index contributed by atoms with van der Waals surface area (Å²) in [6.45, 7) is 0. The molecular weight excluding hydrogens is 200 g/mol. The van der Waals surface area contributed by atoms with Crippen LogP contribution in [0.1, 0.15) is 64.2 Å². The van der Waals surface area contributed by atoms with E-state index in [1.54, 1.807) is 0 Å². The molecule has 0 aliphatic heterocycles. The lowest BCUT2D eigenvalue weighted by atomic mass is 9.80. The fourth-order valence-corrected chi connectivity index (χ4v) is 2.97. The summed E-state index contributed by atoms with van der Waals surface area (Å²) in [5.74, 6) is 0. The summed E-state index contributed by atoms with van der Waals surface area (Å²) in [6.07, 6.45) is 14.1. The van der Waals surface area contributed by atoms with Crippen LogP contribution in [0.2, 0.25) is 0 Å². The number of aliphatic hydroxyl groups is 2. The van der Waals surface area contributed by atoms with Gasteiger partial charge in [-0.2, -0.15) is 0 Å². The molecule has 0 radical (unpaired) electrons. The second-order valence-electron chi connectivity index (χ2n) is 5.66. The first-order valence-corrected chi connectivity index (χ1v) is 6.77. The van der Waals surface area contributed by atoms with E-state index < -0.39 is 11.2 Å². The molecule has 16 heavy (non-hydrogen) atoms. The summed E-state index contributed by atoms with van der Waals surface area (Å²) >= 11 is 0. The zero-order valence-corrected chi connectivity index (χ0v) is 10.1. The molecule has 0 amide bonds. The highest BCUT2D eigenvalue weighted by atomic mass is 16.3. The first-order valence-electron chi connectivity index (χ1n) is 6.77. The Morgan fingerprint density at radius 2 is 0.875 bits per heavy atom. The van der Waals surface area contributed by atoms with E-state index in [1.165, 1.54) is 12.8 Å². The Labute approximate surface area is 98.4 Å². The van der Waals surface area contributed by atoms with Crippen molar-refractivity contribution < 1.29 is 10.2 Å². The van der Waals surface area contributed by atoms with Crippen LogP contribution >= 0.6 is 0 Å². The summed E-state index contributed by atoms with van der Waals surface area (Å²) < 4.78 is 0. The molecule has 2 aliphatic rings. The summed E-state index contributed by atoms with van der Waals surface area (Å²) in [7, 11) is 0. The quantitative estimate of drug-likeness (QED) is 0.708. The molecular formula is C14H24O2. The molecule has 0 bridgehead atoms. The largest absolute Gasteiger partial charge is 0.386 e. The first kappa shape index (κ1) is 12.1. The minimum absolute atomic E-state index is 0.634. The zero-order valence-electron chi connectivity index (χ0n) is 10.1. The zero-order chi connectivity index (χ0) is 11.5. The molecule has 2 N–H and O–H groups in total. The van der Waals surface area contributed by atoms with Gasteiger partial charge >= 0.3 is 0 Å². The van der Waals surface area contributed by atoms with Crippen LogP contribution in [0.25, 0.3) is 0 Å². The lowest BCUT2D eigenvalue weighted by Gasteiger charge is -2.33. The average molecular weight is 224 g/mol. The topological polar surface area (TPSA) is 40.5 Å². The van der Waals surface area contributed by atoms with Crippen LogP contribution in [0.3, 0.4) is 0 Å². The summed E-state index contributed by atoms with van der Waals surface area (Å²) in [5, 5.41) is 20.6. The lowest BCUT2D eigenvalue weighted by molar-refractivity contribution is 0.0344. The molecule has 2 nitrogen and oxygen atoms in total. The Morgan fingerprint density at radius 3 is 1.19 bits per heavy atom. The van der Waals surface area contributed by atoms with Crippen molar-refractivity contribution in [2.24, 2.45) is 0 Å². The van der Waals surface area contributed by atoms with Gasteiger partial charge < -0.3 is 10.2 Å². The molecule has 2 fully saturated rings. The SMILES string of the molecule is OC1(/C=C\C2(O)CCCCC2)CCCCC1. The Kier molecular flexibility index (Phi) is 3.70. The highest BCUT2D eigenvalue weighted by molar-refractivity contribution is 5.10. The molecule has 0 heterocycles. The van der Waals surface area contributed by atoms with Gasteiger partial charge in [0.15, 0.2) is 0 Å². The number of hydrogen-bond acceptors (Lipinski definition) is 2. The monoisotopic (exact) mass is 224 g/mol. The third kappa shape index (κ3) is 3.08. The fraction of sp³-hybridized carbons (Fsp3) is 0.857. The van der Waals surface area contributed by atoms with Crippen molar-refractivity contribution in [2.45, 2.75) is 75.4 Å². The smallest absolute Gasteiger partial charge is 0.0828 e. The van der Waals surface area contributed by atoms with Crippen molar-refractivity contribution in [3.8, 4) is 0 Å². The van der Waals surface area contributed by atoms with Crippen LogP contribution in [-0.4, -0.2) is 21.4 Å². The van der Waals surface area contributed by atoms with Gasteiger partial charge in [0, 0.05) is 0 Å². The molecule has 0 atom stereocenters. The van der Waals surface area contributed by atoms with Crippen molar-refractivity contribution in [3.63, 3.8) is 0 Å². The van der Waals surface area contributed by atoms with E-state index in [4.69, 9.17) is 0 Å². The van der Waals surface area contributed by atoms with Crippen LogP contribution in [0.4, 0.5) is 0 Å². The predicted octanol–water partition coefficient (Wildman–Crippen LogP) is 2.93. The van der Waals surface area contributed by atoms with E-state index in [1.807, 2.05) is 12.2 Å². The van der Waals surface area contributed by atoms with Gasteiger partial charge in [0.05, 0.1) is 11.2 Å². The first-order chi connectivity index (χ1) is 7.62. The maximum atomic E-state index is 10.3. The molecule has 0 aromatic rings. The average Bonchev–Trinajstić information content (AvgIpc) is 2.29. The molecule has 0 aromatic heterocycles. The molecule has 0 unspecified atom stereocenters. The molecule has 2 heteroatoms. The van der Waals surface area contributed by atoms with Crippen LogP contribution in [0.15, 0.2) is 12.2 Å². The van der Waals surface area contributed by atoms with Gasteiger partial charge in [0.25, 0.3) is 0 Å². The van der Waals surface area contributed by atoms with Crippen LogP contribution in [-0.2, 0) is 0 Å². The van der Waals surface area contributed by atoms with E-state index in [0.717, 1.165) is 51.4 Å². The number of hydrogen-bond donors (Lipinski definition) is 2. The van der Waals surface area contributed by atoms with E-state index >= 15 is 0 Å². The summed E-state index contributed by atoms with van der Waals surface area (Å²) in [4.78, 5) is 0. The van der Waals surface area contributed by atoms with Crippen LogP contribution in [0, 0.1) is 0 Å². The summed E-state index contributed by atoms with van der Waals surface area (Å²) in [5.41, 5.74) is -1.27. The second-order valence-corrected chi connectivity index (χ2v) is 5.66. The second kappa shape index (κ2) is 4.89. The van der Waals surface area contributed by atoms with Crippen molar-refractivity contribution in [1.82, 2.24) is 0 Å². The third-order valence-electron chi connectivity index (χ3n) is 4.14. The van der Waals surface area contributed by atoms with Gasteiger partial charge in [-0.3, -0.25) is 0 Å². The van der Waals surface area contributed by atoms with Gasteiger partial charge in [-0.25, -0.2) is 0 Å². The Bertz CT molecular complexity index is 219. The van der Waals surface area contributed by atoms with Gasteiger partial charge in [-0.1, -0.05) is 50.7 Å². The highest BCUT2D eigenvalue weighted by Crippen LogP contribution is 2.33.